The van der Waals surface area contributed by atoms with E-state index >= 15 is 0 Å². The van der Waals surface area contributed by atoms with Crippen molar-refractivity contribution in [2.24, 2.45) is 5.73 Å². The fourth-order valence-corrected chi connectivity index (χ4v) is 2.27. The molecule has 0 aliphatic carbocycles. The quantitative estimate of drug-likeness (QED) is 0.746. The summed E-state index contributed by atoms with van der Waals surface area (Å²) < 4.78 is 0. The Labute approximate surface area is 132 Å². The highest BCUT2D eigenvalue weighted by Crippen LogP contribution is 2.30. The van der Waals surface area contributed by atoms with Crippen molar-refractivity contribution in [2.45, 2.75) is 6.17 Å². The van der Waals surface area contributed by atoms with Gasteiger partial charge in [-0.2, -0.15) is 0 Å². The first-order valence-electron chi connectivity index (χ1n) is 6.60. The van der Waals surface area contributed by atoms with Gasteiger partial charge >= 0.3 is 0 Å². The second kappa shape index (κ2) is 6.46. The molecule has 22 heavy (non-hydrogen) atoms. The minimum absolute atomic E-state index is 0.404. The third-order valence-corrected chi connectivity index (χ3v) is 3.38. The van der Waals surface area contributed by atoms with Crippen LogP contribution in [0, 0.1) is 0 Å². The Bertz CT molecular complexity index is 698. The van der Waals surface area contributed by atoms with Crippen LogP contribution in [0.5, 0.6) is 0 Å². The van der Waals surface area contributed by atoms with Crippen LogP contribution in [-0.4, -0.2) is 19.9 Å². The maximum absolute atomic E-state index is 6.39. The summed E-state index contributed by atoms with van der Waals surface area (Å²) in [5.74, 6) is 0.808. The average Bonchev–Trinajstić information content (AvgIpc) is 2.57. The van der Waals surface area contributed by atoms with E-state index in [0.29, 0.717) is 16.9 Å². The van der Waals surface area contributed by atoms with Crippen molar-refractivity contribution in [1.29, 1.82) is 0 Å². The summed E-state index contributed by atoms with van der Waals surface area (Å²) in [6.45, 7) is 0. The van der Waals surface area contributed by atoms with Gasteiger partial charge in [0.25, 0.3) is 0 Å². The zero-order chi connectivity index (χ0) is 15.4. The number of halogens is 1. The topological polar surface area (TPSA) is 80.8 Å². The molecule has 6 nitrogen and oxygen atoms in total. The molecule has 2 heterocycles. The zero-order valence-corrected chi connectivity index (χ0v) is 12.3. The highest BCUT2D eigenvalue weighted by atomic mass is 35.5. The number of nitrogens with two attached hydrogens (primary N) is 1. The first kappa shape index (κ1) is 14.4. The third kappa shape index (κ3) is 2.88. The van der Waals surface area contributed by atoms with E-state index in [0.717, 1.165) is 5.56 Å². The molecule has 0 saturated heterocycles. The molecule has 0 radical (unpaired) electrons. The van der Waals surface area contributed by atoms with Crippen LogP contribution in [0.25, 0.3) is 0 Å². The van der Waals surface area contributed by atoms with Crippen molar-refractivity contribution in [2.75, 3.05) is 4.90 Å². The maximum Gasteiger partial charge on any atom is 0.233 e. The van der Waals surface area contributed by atoms with Crippen LogP contribution in [0.3, 0.4) is 0 Å². The van der Waals surface area contributed by atoms with Crippen molar-refractivity contribution in [3.05, 3.63) is 71.8 Å². The van der Waals surface area contributed by atoms with Gasteiger partial charge in [-0.3, -0.25) is 4.90 Å². The minimum atomic E-state index is -0.613. The lowest BCUT2D eigenvalue weighted by atomic mass is 10.1. The molecule has 0 amide bonds. The van der Waals surface area contributed by atoms with Crippen LogP contribution >= 0.6 is 11.6 Å². The maximum atomic E-state index is 6.39. The van der Waals surface area contributed by atoms with Crippen molar-refractivity contribution in [3.8, 4) is 0 Å². The van der Waals surface area contributed by atoms with E-state index in [4.69, 9.17) is 17.3 Å². The Balaban J connectivity index is 2.08. The van der Waals surface area contributed by atoms with Crippen LogP contribution in [0.15, 0.2) is 61.2 Å². The third-order valence-electron chi connectivity index (χ3n) is 3.04. The standard InChI is InChI=1S/C15H13ClN6/c16-12-6-2-1-5-11(12)13(17)22(14-18-7-3-8-19-14)15-20-9-4-10-21-15/h1-10,13H,17H2. The van der Waals surface area contributed by atoms with E-state index in [2.05, 4.69) is 19.9 Å². The molecule has 2 N–H and O–H groups in total. The van der Waals surface area contributed by atoms with Gasteiger partial charge in [-0.15, -0.1) is 0 Å². The Morgan fingerprint density at radius 2 is 1.32 bits per heavy atom. The molecule has 0 spiro atoms. The number of benzene rings is 1. The number of nitrogens with zero attached hydrogens (tertiary/aromatic N) is 5. The van der Waals surface area contributed by atoms with E-state index in [1.807, 2.05) is 18.2 Å². The van der Waals surface area contributed by atoms with E-state index in [9.17, 15) is 0 Å². The number of anilines is 2. The Hall–Kier alpha value is -2.57. The van der Waals surface area contributed by atoms with Crippen molar-refractivity contribution in [3.63, 3.8) is 0 Å². The fraction of sp³-hybridized carbons (Fsp3) is 0.0667. The van der Waals surface area contributed by atoms with Gasteiger partial charge in [-0.25, -0.2) is 19.9 Å². The lowest BCUT2D eigenvalue weighted by molar-refractivity contribution is 0.695. The van der Waals surface area contributed by atoms with Crippen molar-refractivity contribution in [1.82, 2.24) is 19.9 Å². The molecule has 1 unspecified atom stereocenters. The first-order valence-corrected chi connectivity index (χ1v) is 6.98. The zero-order valence-electron chi connectivity index (χ0n) is 11.5. The summed E-state index contributed by atoms with van der Waals surface area (Å²) >= 11 is 6.25. The molecule has 7 heteroatoms. The van der Waals surface area contributed by atoms with Gasteiger partial charge in [-0.05, 0) is 18.2 Å². The van der Waals surface area contributed by atoms with Crippen molar-refractivity contribution >= 4 is 23.5 Å². The van der Waals surface area contributed by atoms with Gasteiger partial charge < -0.3 is 5.73 Å². The Kier molecular flexibility index (Phi) is 4.22. The van der Waals surface area contributed by atoms with Crippen LogP contribution in [0.2, 0.25) is 5.02 Å². The molecular weight excluding hydrogens is 300 g/mol. The lowest BCUT2D eigenvalue weighted by Crippen LogP contribution is -2.33. The molecule has 0 bridgehead atoms. The van der Waals surface area contributed by atoms with Gasteiger partial charge in [0.05, 0.1) is 0 Å². The molecule has 0 fully saturated rings. The van der Waals surface area contributed by atoms with Crippen LogP contribution < -0.4 is 10.6 Å². The SMILES string of the molecule is NC(c1ccccc1Cl)N(c1ncccn1)c1ncccn1. The number of hydrogen-bond acceptors (Lipinski definition) is 6. The number of hydrogen-bond donors (Lipinski definition) is 1. The average molecular weight is 313 g/mol. The van der Waals surface area contributed by atoms with Crippen LogP contribution in [0.4, 0.5) is 11.9 Å². The summed E-state index contributed by atoms with van der Waals surface area (Å²) in [4.78, 5) is 18.6. The smallest absolute Gasteiger partial charge is 0.233 e. The molecular formula is C15H13ClN6. The highest BCUT2D eigenvalue weighted by Gasteiger charge is 2.24. The lowest BCUT2D eigenvalue weighted by Gasteiger charge is -2.27. The summed E-state index contributed by atoms with van der Waals surface area (Å²) in [7, 11) is 0. The molecule has 110 valence electrons. The largest absolute Gasteiger partial charge is 0.307 e. The number of rotatable bonds is 4. The van der Waals surface area contributed by atoms with E-state index in [1.54, 1.807) is 47.9 Å². The molecule has 0 aliphatic heterocycles. The van der Waals surface area contributed by atoms with E-state index in [-0.39, 0.29) is 0 Å². The minimum Gasteiger partial charge on any atom is -0.307 e. The molecule has 0 aliphatic rings. The summed E-state index contributed by atoms with van der Waals surface area (Å²) in [6, 6.07) is 10.8. The predicted octanol–water partition coefficient (Wildman–Crippen LogP) is 2.72. The summed E-state index contributed by atoms with van der Waals surface area (Å²) in [5, 5.41) is 0.562. The Morgan fingerprint density at radius 1 is 0.818 bits per heavy atom. The van der Waals surface area contributed by atoms with Crippen LogP contribution in [-0.2, 0) is 0 Å². The van der Waals surface area contributed by atoms with Gasteiger partial charge in [0.2, 0.25) is 11.9 Å². The molecule has 3 aromatic rings. The second-order valence-electron chi connectivity index (χ2n) is 4.43. The second-order valence-corrected chi connectivity index (χ2v) is 4.84. The molecule has 1 aromatic carbocycles. The van der Waals surface area contributed by atoms with E-state index < -0.39 is 6.17 Å². The first-order chi connectivity index (χ1) is 10.8. The molecule has 0 saturated carbocycles. The molecule has 1 atom stereocenters. The van der Waals surface area contributed by atoms with Crippen molar-refractivity contribution < 1.29 is 0 Å². The molecule has 3 rings (SSSR count). The van der Waals surface area contributed by atoms with E-state index in [1.165, 1.54) is 0 Å². The molecule has 2 aromatic heterocycles. The fourth-order valence-electron chi connectivity index (χ4n) is 2.02. The van der Waals surface area contributed by atoms with Gasteiger partial charge in [0.1, 0.15) is 6.17 Å². The van der Waals surface area contributed by atoms with Gasteiger partial charge in [-0.1, -0.05) is 29.8 Å². The van der Waals surface area contributed by atoms with Crippen LogP contribution in [0.1, 0.15) is 11.7 Å². The normalized spacial score (nSPS) is 11.9. The Morgan fingerprint density at radius 3 is 1.82 bits per heavy atom. The summed E-state index contributed by atoms with van der Waals surface area (Å²) in [5.41, 5.74) is 7.13. The van der Waals surface area contributed by atoms with Gasteiger partial charge in [0, 0.05) is 35.4 Å². The monoisotopic (exact) mass is 312 g/mol. The number of aromatic nitrogens is 4. The predicted molar refractivity (Wildman–Crippen MR) is 84.6 cm³/mol. The highest BCUT2D eigenvalue weighted by molar-refractivity contribution is 6.31. The summed E-state index contributed by atoms with van der Waals surface area (Å²) in [6.07, 6.45) is 5.93. The van der Waals surface area contributed by atoms with Gasteiger partial charge in [0.15, 0.2) is 0 Å².